The molecular weight excluding hydrogens is 356 g/mol. The van der Waals surface area contributed by atoms with Gasteiger partial charge in [-0.25, -0.2) is 0 Å². The van der Waals surface area contributed by atoms with Crippen molar-refractivity contribution in [3.8, 4) is 0 Å². The van der Waals surface area contributed by atoms with Crippen molar-refractivity contribution in [3.05, 3.63) is 66.8 Å². The molecule has 1 unspecified atom stereocenters. The number of rotatable bonds is 12. The minimum atomic E-state index is -1.40. The number of fused-ring (bicyclic) bond motifs is 1. The highest BCUT2D eigenvalue weighted by atomic mass is 28.3. The van der Waals surface area contributed by atoms with Crippen molar-refractivity contribution in [2.24, 2.45) is 0 Å². The summed E-state index contributed by atoms with van der Waals surface area (Å²) >= 11 is 0. The van der Waals surface area contributed by atoms with E-state index >= 15 is 0 Å². The maximum absolute atomic E-state index is 3.88. The summed E-state index contributed by atoms with van der Waals surface area (Å²) in [5.41, 5.74) is 3.93. The van der Waals surface area contributed by atoms with Gasteiger partial charge in [0.25, 0.3) is 0 Å². The molecule has 1 aliphatic rings. The van der Waals surface area contributed by atoms with Gasteiger partial charge in [-0.05, 0) is 29.5 Å². The Kier molecular flexibility index (Phi) is 8.11. The number of hydrogen-bond acceptors (Lipinski definition) is 0. The number of unbranched alkanes of at least 4 members (excludes halogenated alkanes) is 4. The summed E-state index contributed by atoms with van der Waals surface area (Å²) in [7, 11) is -2.74. The van der Waals surface area contributed by atoms with E-state index in [1.807, 2.05) is 0 Å². The molecule has 148 valence electrons. The highest BCUT2D eigenvalue weighted by molar-refractivity contribution is 6.95. The normalized spacial score (nSPS) is 16.7. The van der Waals surface area contributed by atoms with Gasteiger partial charge in [0.2, 0.25) is 0 Å². The van der Waals surface area contributed by atoms with Crippen LogP contribution < -0.4 is 0 Å². The molecule has 2 rings (SSSR count). The molecule has 0 radical (unpaired) electrons. The first kappa shape index (κ1) is 22.2. The van der Waals surface area contributed by atoms with E-state index in [1.165, 1.54) is 37.8 Å². The summed E-state index contributed by atoms with van der Waals surface area (Å²) in [6, 6.07) is 12.1. The second-order valence-electron chi connectivity index (χ2n) is 9.59. The van der Waals surface area contributed by atoms with E-state index in [2.05, 4.69) is 81.8 Å². The Hall–Kier alpha value is -1.13. The Morgan fingerprint density at radius 3 is 2.07 bits per heavy atom. The second-order valence-corrected chi connectivity index (χ2v) is 19.5. The second kappa shape index (κ2) is 9.88. The average Bonchev–Trinajstić information content (AvgIpc) is 3.04. The predicted octanol–water partition coefficient (Wildman–Crippen LogP) is 8.38. The van der Waals surface area contributed by atoms with Crippen LogP contribution in [0.2, 0.25) is 38.3 Å². The average molecular weight is 397 g/mol. The molecule has 1 aromatic carbocycles. The summed E-state index contributed by atoms with van der Waals surface area (Å²) in [4.78, 5) is 0. The molecule has 0 saturated heterocycles. The van der Waals surface area contributed by atoms with E-state index in [-0.39, 0.29) is 0 Å². The first-order valence-corrected chi connectivity index (χ1v) is 17.4. The van der Waals surface area contributed by atoms with E-state index in [4.69, 9.17) is 0 Å². The van der Waals surface area contributed by atoms with Gasteiger partial charge < -0.3 is 0 Å². The van der Waals surface area contributed by atoms with Gasteiger partial charge in [0.15, 0.2) is 0 Å². The molecule has 0 heterocycles. The zero-order chi connectivity index (χ0) is 19.9. The van der Waals surface area contributed by atoms with E-state index in [9.17, 15) is 0 Å². The van der Waals surface area contributed by atoms with Crippen LogP contribution in [-0.4, -0.2) is 16.1 Å². The molecule has 0 fully saturated rings. The van der Waals surface area contributed by atoms with Crippen molar-refractivity contribution >= 4 is 21.3 Å². The van der Waals surface area contributed by atoms with Crippen LogP contribution >= 0.6 is 0 Å². The minimum Gasteiger partial charge on any atom is -0.103 e. The standard InChI is InChI=1S/C25H40Si2/c1-7-9-11-15-19-26(3,4)24-21-25(23-18-14-13-17-22(23)24)27(5,6)20-16-12-10-8-2/h7-8,13-14,17-18,21,24H,1-2,9-12,15-16,19-20H2,3-6H3. The quantitative estimate of drug-likeness (QED) is 0.189. The van der Waals surface area contributed by atoms with Gasteiger partial charge >= 0.3 is 0 Å². The van der Waals surface area contributed by atoms with Crippen molar-refractivity contribution < 1.29 is 0 Å². The maximum Gasteiger partial charge on any atom is 0.0810 e. The van der Waals surface area contributed by atoms with Gasteiger partial charge in [-0.3, -0.25) is 0 Å². The van der Waals surface area contributed by atoms with Gasteiger partial charge in [0, 0.05) is 0 Å². The molecule has 1 aliphatic carbocycles. The van der Waals surface area contributed by atoms with E-state index in [1.54, 1.807) is 16.3 Å². The lowest BCUT2D eigenvalue weighted by Crippen LogP contribution is -2.33. The Labute approximate surface area is 170 Å². The molecule has 0 N–H and O–H groups in total. The van der Waals surface area contributed by atoms with Gasteiger partial charge in [0.1, 0.15) is 0 Å². The first-order valence-electron chi connectivity index (χ1n) is 10.9. The van der Waals surface area contributed by atoms with Gasteiger partial charge in [-0.1, -0.05) is 112 Å². The molecule has 0 aromatic heterocycles. The number of benzene rings is 1. The minimum absolute atomic E-state index is 0.701. The molecule has 0 spiro atoms. The van der Waals surface area contributed by atoms with Crippen LogP contribution in [0.4, 0.5) is 0 Å². The van der Waals surface area contributed by atoms with Crippen LogP contribution in [0.5, 0.6) is 0 Å². The molecule has 0 saturated carbocycles. The fourth-order valence-electron chi connectivity index (χ4n) is 4.61. The fraction of sp³-hybridized carbons (Fsp3) is 0.520. The van der Waals surface area contributed by atoms with Gasteiger partial charge in [-0.2, -0.15) is 0 Å². The van der Waals surface area contributed by atoms with Crippen molar-refractivity contribution in [1.29, 1.82) is 0 Å². The Bertz CT molecular complexity index is 667. The highest BCUT2D eigenvalue weighted by Gasteiger charge is 2.40. The summed E-state index contributed by atoms with van der Waals surface area (Å²) in [5.74, 6) is 0. The van der Waals surface area contributed by atoms with Crippen molar-refractivity contribution in [1.82, 2.24) is 0 Å². The Balaban J connectivity index is 2.21. The highest BCUT2D eigenvalue weighted by Crippen LogP contribution is 2.47. The summed E-state index contributed by atoms with van der Waals surface area (Å²) < 4.78 is 0. The smallest absolute Gasteiger partial charge is 0.0810 e. The van der Waals surface area contributed by atoms with Crippen molar-refractivity contribution in [2.75, 3.05) is 0 Å². The molecular formula is C25H40Si2. The molecule has 1 aromatic rings. The third-order valence-corrected chi connectivity index (χ3v) is 13.7. The van der Waals surface area contributed by atoms with Crippen LogP contribution in [0.1, 0.15) is 55.2 Å². The molecule has 0 aliphatic heterocycles. The molecule has 27 heavy (non-hydrogen) atoms. The monoisotopic (exact) mass is 396 g/mol. The summed E-state index contributed by atoms with van der Waals surface area (Å²) in [6.45, 7) is 18.1. The lowest BCUT2D eigenvalue weighted by Gasteiger charge is -2.29. The summed E-state index contributed by atoms with van der Waals surface area (Å²) in [5, 5.41) is 1.74. The lowest BCUT2D eigenvalue weighted by atomic mass is 10.1. The maximum atomic E-state index is 3.88. The third-order valence-electron chi connectivity index (χ3n) is 6.43. The molecule has 2 heteroatoms. The molecule has 0 nitrogen and oxygen atoms in total. The fourth-order valence-corrected chi connectivity index (χ4v) is 10.9. The third kappa shape index (κ3) is 5.68. The van der Waals surface area contributed by atoms with Crippen LogP contribution in [0.3, 0.4) is 0 Å². The van der Waals surface area contributed by atoms with Crippen molar-refractivity contribution in [2.45, 2.75) is 82.3 Å². The SMILES string of the molecule is C=CCCCC[Si](C)(C)C1=CC([Si](C)(C)CCCCC=C)c2ccccc21. The Morgan fingerprint density at radius 2 is 1.44 bits per heavy atom. The van der Waals surface area contributed by atoms with E-state index < -0.39 is 16.1 Å². The molecule has 0 bridgehead atoms. The lowest BCUT2D eigenvalue weighted by molar-refractivity contribution is 0.797. The predicted molar refractivity (Wildman–Crippen MR) is 130 cm³/mol. The van der Waals surface area contributed by atoms with Gasteiger partial charge in [0.05, 0.1) is 16.1 Å². The molecule has 1 atom stereocenters. The van der Waals surface area contributed by atoms with Crippen LogP contribution in [0, 0.1) is 0 Å². The first-order chi connectivity index (χ1) is 12.8. The largest absolute Gasteiger partial charge is 0.103 e. The van der Waals surface area contributed by atoms with E-state index in [0.29, 0.717) is 5.54 Å². The van der Waals surface area contributed by atoms with Crippen LogP contribution in [-0.2, 0) is 0 Å². The van der Waals surface area contributed by atoms with Crippen LogP contribution in [0.25, 0.3) is 5.20 Å². The zero-order valence-electron chi connectivity index (χ0n) is 18.2. The number of hydrogen-bond donors (Lipinski definition) is 0. The van der Waals surface area contributed by atoms with Gasteiger partial charge in [-0.15, -0.1) is 13.2 Å². The number of allylic oxidation sites excluding steroid dienone is 3. The Morgan fingerprint density at radius 1 is 0.852 bits per heavy atom. The van der Waals surface area contributed by atoms with Crippen LogP contribution in [0.15, 0.2) is 55.7 Å². The zero-order valence-corrected chi connectivity index (χ0v) is 20.2. The van der Waals surface area contributed by atoms with E-state index in [0.717, 1.165) is 12.8 Å². The topological polar surface area (TPSA) is 0 Å². The summed E-state index contributed by atoms with van der Waals surface area (Å²) in [6.07, 6.45) is 14.5. The van der Waals surface area contributed by atoms with Crippen molar-refractivity contribution in [3.63, 3.8) is 0 Å². The molecule has 0 amide bonds.